The van der Waals surface area contributed by atoms with Crippen molar-refractivity contribution in [3.8, 4) is 0 Å². The highest BCUT2D eigenvalue weighted by molar-refractivity contribution is 7.88. The van der Waals surface area contributed by atoms with Crippen molar-refractivity contribution in [2.45, 2.75) is 70.2 Å². The molecule has 1 heterocycles. The van der Waals surface area contributed by atoms with E-state index >= 15 is 0 Å². The third-order valence-corrected chi connectivity index (χ3v) is 5.56. The zero-order valence-corrected chi connectivity index (χ0v) is 15.3. The van der Waals surface area contributed by atoms with Gasteiger partial charge in [0.25, 0.3) is 0 Å². The average Bonchev–Trinajstić information content (AvgIpc) is 2.33. The normalized spacial score (nSPS) is 27.3. The van der Waals surface area contributed by atoms with Gasteiger partial charge in [-0.2, -0.15) is 0 Å². The van der Waals surface area contributed by atoms with Crippen molar-refractivity contribution >= 4 is 16.1 Å². The molecule has 0 aromatic carbocycles. The standard InChI is InChI=1S/C15H29N3O4S/c1-15(2,3)22-14(19)17-13-9-12(10-13)16-11-5-7-18(8-6-11)23(4,20)21/h11-13,16H,5-10H2,1-4H3,(H,17,19). The van der Waals surface area contributed by atoms with Crippen molar-refractivity contribution in [2.24, 2.45) is 0 Å². The highest BCUT2D eigenvalue weighted by Gasteiger charge is 2.34. The van der Waals surface area contributed by atoms with Crippen LogP contribution in [0.1, 0.15) is 46.5 Å². The molecule has 0 radical (unpaired) electrons. The smallest absolute Gasteiger partial charge is 0.407 e. The van der Waals surface area contributed by atoms with E-state index in [1.54, 1.807) is 4.31 Å². The van der Waals surface area contributed by atoms with E-state index in [0.29, 0.717) is 25.2 Å². The molecule has 134 valence electrons. The van der Waals surface area contributed by atoms with E-state index in [2.05, 4.69) is 10.6 Å². The lowest BCUT2D eigenvalue weighted by Crippen LogP contribution is -2.56. The molecule has 7 nitrogen and oxygen atoms in total. The minimum atomic E-state index is -3.06. The number of piperidine rings is 1. The highest BCUT2D eigenvalue weighted by atomic mass is 32.2. The van der Waals surface area contributed by atoms with Crippen molar-refractivity contribution in [1.29, 1.82) is 0 Å². The van der Waals surface area contributed by atoms with Gasteiger partial charge in [-0.25, -0.2) is 17.5 Å². The number of rotatable bonds is 4. The lowest BCUT2D eigenvalue weighted by atomic mass is 9.85. The van der Waals surface area contributed by atoms with Crippen LogP contribution in [0.25, 0.3) is 0 Å². The van der Waals surface area contributed by atoms with Gasteiger partial charge >= 0.3 is 6.09 Å². The Balaban J connectivity index is 1.63. The number of alkyl carbamates (subject to hydrolysis) is 1. The van der Waals surface area contributed by atoms with Crippen LogP contribution in [-0.2, 0) is 14.8 Å². The predicted molar refractivity (Wildman–Crippen MR) is 88.8 cm³/mol. The maximum absolute atomic E-state index is 11.7. The van der Waals surface area contributed by atoms with Gasteiger partial charge in [-0.1, -0.05) is 0 Å². The minimum absolute atomic E-state index is 0.165. The Morgan fingerprint density at radius 2 is 1.65 bits per heavy atom. The summed E-state index contributed by atoms with van der Waals surface area (Å²) < 4.78 is 29.7. The second kappa shape index (κ2) is 6.94. The largest absolute Gasteiger partial charge is 0.444 e. The second-order valence-electron chi connectivity index (χ2n) is 7.61. The molecule has 0 spiro atoms. The topological polar surface area (TPSA) is 87.7 Å². The van der Waals surface area contributed by atoms with E-state index < -0.39 is 15.6 Å². The zero-order chi connectivity index (χ0) is 17.3. The number of nitrogens with one attached hydrogen (secondary N) is 2. The summed E-state index contributed by atoms with van der Waals surface area (Å²) in [5, 5.41) is 6.44. The Labute approximate surface area is 139 Å². The van der Waals surface area contributed by atoms with Gasteiger partial charge in [0, 0.05) is 31.2 Å². The maximum atomic E-state index is 11.7. The molecule has 1 saturated carbocycles. The molecule has 23 heavy (non-hydrogen) atoms. The quantitative estimate of drug-likeness (QED) is 0.794. The van der Waals surface area contributed by atoms with Crippen molar-refractivity contribution in [3.63, 3.8) is 0 Å². The van der Waals surface area contributed by atoms with Gasteiger partial charge < -0.3 is 15.4 Å². The first kappa shape index (κ1) is 18.5. The average molecular weight is 347 g/mol. The molecule has 1 aliphatic heterocycles. The third kappa shape index (κ3) is 5.93. The van der Waals surface area contributed by atoms with Crippen LogP contribution in [0.5, 0.6) is 0 Å². The first-order valence-electron chi connectivity index (χ1n) is 8.23. The fourth-order valence-electron chi connectivity index (χ4n) is 3.03. The highest BCUT2D eigenvalue weighted by Crippen LogP contribution is 2.23. The lowest BCUT2D eigenvalue weighted by molar-refractivity contribution is 0.0461. The summed E-state index contributed by atoms with van der Waals surface area (Å²) in [7, 11) is -3.06. The van der Waals surface area contributed by atoms with Gasteiger partial charge in [0.2, 0.25) is 10.0 Å². The number of nitrogens with zero attached hydrogens (tertiary/aromatic N) is 1. The molecule has 0 unspecified atom stereocenters. The van der Waals surface area contributed by atoms with E-state index in [-0.39, 0.29) is 12.1 Å². The molecule has 2 fully saturated rings. The molecule has 2 rings (SSSR count). The van der Waals surface area contributed by atoms with E-state index in [1.807, 2.05) is 20.8 Å². The van der Waals surface area contributed by atoms with Crippen LogP contribution in [0, 0.1) is 0 Å². The Hall–Kier alpha value is -0.860. The number of amides is 1. The molecule has 8 heteroatoms. The molecule has 0 atom stereocenters. The number of ether oxygens (including phenoxy) is 1. The Morgan fingerprint density at radius 1 is 1.09 bits per heavy atom. The first-order chi connectivity index (χ1) is 10.5. The van der Waals surface area contributed by atoms with Crippen molar-refractivity contribution in [3.05, 3.63) is 0 Å². The SMILES string of the molecule is CC(C)(C)OC(=O)NC1CC(NC2CCN(S(C)(=O)=O)CC2)C1. The predicted octanol–water partition coefficient (Wildman–Crippen LogP) is 1.06. The molecule has 1 amide bonds. The maximum Gasteiger partial charge on any atom is 0.407 e. The summed E-state index contributed by atoms with van der Waals surface area (Å²) >= 11 is 0. The van der Waals surface area contributed by atoms with Crippen LogP contribution in [0.15, 0.2) is 0 Å². The fourth-order valence-corrected chi connectivity index (χ4v) is 3.91. The molecule has 1 aliphatic carbocycles. The van der Waals surface area contributed by atoms with Gasteiger partial charge in [-0.05, 0) is 46.5 Å². The monoisotopic (exact) mass is 347 g/mol. The van der Waals surface area contributed by atoms with Gasteiger partial charge in [0.05, 0.1) is 6.26 Å². The number of hydrogen-bond donors (Lipinski definition) is 2. The van der Waals surface area contributed by atoms with Crippen LogP contribution < -0.4 is 10.6 Å². The van der Waals surface area contributed by atoms with Crippen LogP contribution in [0.4, 0.5) is 4.79 Å². The second-order valence-corrected chi connectivity index (χ2v) is 9.60. The first-order valence-corrected chi connectivity index (χ1v) is 10.1. The molecule has 2 N–H and O–H groups in total. The minimum Gasteiger partial charge on any atom is -0.444 e. The van der Waals surface area contributed by atoms with Crippen molar-refractivity contribution in [1.82, 2.24) is 14.9 Å². The Morgan fingerprint density at radius 3 is 2.13 bits per heavy atom. The molecular weight excluding hydrogens is 318 g/mol. The van der Waals surface area contributed by atoms with E-state index in [4.69, 9.17) is 4.74 Å². The van der Waals surface area contributed by atoms with E-state index in [9.17, 15) is 13.2 Å². The summed E-state index contributed by atoms with van der Waals surface area (Å²) in [4.78, 5) is 11.7. The molecule has 0 bridgehead atoms. The van der Waals surface area contributed by atoms with Gasteiger partial charge in [0.1, 0.15) is 5.60 Å². The fraction of sp³-hybridized carbons (Fsp3) is 0.933. The Kier molecular flexibility index (Phi) is 5.58. The van der Waals surface area contributed by atoms with Crippen LogP contribution in [0.3, 0.4) is 0 Å². The number of sulfonamides is 1. The van der Waals surface area contributed by atoms with Crippen molar-refractivity contribution < 1.29 is 17.9 Å². The molecule has 0 aromatic heterocycles. The van der Waals surface area contributed by atoms with Crippen LogP contribution in [0.2, 0.25) is 0 Å². The molecule has 0 aromatic rings. The van der Waals surface area contributed by atoms with Gasteiger partial charge in [0.15, 0.2) is 0 Å². The summed E-state index contributed by atoms with van der Waals surface area (Å²) in [5.74, 6) is 0. The molecule has 2 aliphatic rings. The number of carbonyl (C=O) groups is 1. The third-order valence-electron chi connectivity index (χ3n) is 4.25. The van der Waals surface area contributed by atoms with Crippen LogP contribution >= 0.6 is 0 Å². The van der Waals surface area contributed by atoms with Crippen LogP contribution in [-0.4, -0.2) is 61.9 Å². The number of hydrogen-bond acceptors (Lipinski definition) is 5. The Bertz CT molecular complexity index is 515. The van der Waals surface area contributed by atoms with E-state index in [0.717, 1.165) is 25.7 Å². The van der Waals surface area contributed by atoms with E-state index in [1.165, 1.54) is 6.26 Å². The zero-order valence-electron chi connectivity index (χ0n) is 14.5. The summed E-state index contributed by atoms with van der Waals surface area (Å²) in [6, 6.07) is 0.920. The molecule has 1 saturated heterocycles. The molecular formula is C15H29N3O4S. The summed E-state index contributed by atoms with van der Waals surface area (Å²) in [5.41, 5.74) is -0.473. The number of carbonyl (C=O) groups excluding carboxylic acids is 1. The van der Waals surface area contributed by atoms with Crippen molar-refractivity contribution in [2.75, 3.05) is 19.3 Å². The van der Waals surface area contributed by atoms with Gasteiger partial charge in [-0.3, -0.25) is 0 Å². The van der Waals surface area contributed by atoms with Gasteiger partial charge in [-0.15, -0.1) is 0 Å². The lowest BCUT2D eigenvalue weighted by Gasteiger charge is -2.40. The summed E-state index contributed by atoms with van der Waals surface area (Å²) in [6.07, 6.45) is 4.38. The summed E-state index contributed by atoms with van der Waals surface area (Å²) in [6.45, 7) is 6.72.